The SMILES string of the molecule is CCOP(=O)(Cc1csc(NC2OC2c2cc(OCC(F)(F)F)ccc2OCC(F)(F)F)n1)OCC. The van der Waals surface area contributed by atoms with Crippen LogP contribution in [0.3, 0.4) is 0 Å². The number of alkyl halides is 6. The summed E-state index contributed by atoms with van der Waals surface area (Å²) in [4.78, 5) is 4.30. The summed E-state index contributed by atoms with van der Waals surface area (Å²) in [6.07, 6.45) is -10.9. The molecule has 1 saturated heterocycles. The topological polar surface area (TPSA) is 91.4 Å². The van der Waals surface area contributed by atoms with Crippen LogP contribution in [0.2, 0.25) is 0 Å². The summed E-state index contributed by atoms with van der Waals surface area (Å²) in [5, 5.41) is 4.92. The van der Waals surface area contributed by atoms with Gasteiger partial charge in [0.2, 0.25) is 0 Å². The summed E-state index contributed by atoms with van der Waals surface area (Å²) in [6, 6.07) is 3.30. The zero-order chi connectivity index (χ0) is 26.6. The van der Waals surface area contributed by atoms with Gasteiger partial charge in [-0.2, -0.15) is 26.3 Å². The number of hydrogen-bond donors (Lipinski definition) is 1. The van der Waals surface area contributed by atoms with E-state index in [1.54, 1.807) is 19.2 Å². The lowest BCUT2D eigenvalue weighted by Gasteiger charge is -2.15. The van der Waals surface area contributed by atoms with Crippen molar-refractivity contribution in [2.24, 2.45) is 0 Å². The van der Waals surface area contributed by atoms with Crippen LogP contribution in [0, 0.1) is 0 Å². The Morgan fingerprint density at radius 3 is 2.31 bits per heavy atom. The van der Waals surface area contributed by atoms with E-state index in [1.807, 2.05) is 0 Å². The van der Waals surface area contributed by atoms with Crippen molar-refractivity contribution in [3.8, 4) is 11.5 Å². The number of benzene rings is 1. The number of ether oxygens (including phenoxy) is 3. The molecule has 0 radical (unpaired) electrons. The van der Waals surface area contributed by atoms with Crippen LogP contribution in [0.4, 0.5) is 31.5 Å². The van der Waals surface area contributed by atoms with Gasteiger partial charge in [-0.15, -0.1) is 11.3 Å². The Hall–Kier alpha value is -2.06. The molecule has 0 bridgehead atoms. The molecule has 1 aliphatic heterocycles. The number of anilines is 1. The van der Waals surface area contributed by atoms with E-state index in [4.69, 9.17) is 23.3 Å². The minimum Gasteiger partial charge on any atom is -0.484 e. The molecule has 202 valence electrons. The third kappa shape index (κ3) is 8.80. The third-order valence-corrected chi connectivity index (χ3v) is 7.23. The molecular weight excluding hydrogens is 541 g/mol. The normalized spacial score (nSPS) is 18.2. The highest BCUT2D eigenvalue weighted by Gasteiger charge is 2.44. The number of rotatable bonds is 13. The van der Waals surface area contributed by atoms with Crippen molar-refractivity contribution in [3.63, 3.8) is 0 Å². The molecule has 1 fully saturated rings. The first kappa shape index (κ1) is 28.5. The van der Waals surface area contributed by atoms with Crippen LogP contribution in [-0.2, 0) is 24.5 Å². The highest BCUT2D eigenvalue weighted by Crippen LogP contribution is 2.51. The van der Waals surface area contributed by atoms with Crippen LogP contribution in [0.25, 0.3) is 0 Å². The lowest BCUT2D eigenvalue weighted by atomic mass is 10.1. The molecule has 3 rings (SSSR count). The average molecular weight is 564 g/mol. The van der Waals surface area contributed by atoms with Gasteiger partial charge in [0.1, 0.15) is 17.6 Å². The predicted molar refractivity (Wildman–Crippen MR) is 117 cm³/mol. The molecule has 1 aromatic carbocycles. The maximum atomic E-state index is 12.7. The van der Waals surface area contributed by atoms with Crippen LogP contribution in [0.15, 0.2) is 23.6 Å². The maximum absolute atomic E-state index is 12.7. The van der Waals surface area contributed by atoms with Gasteiger partial charge in [0.25, 0.3) is 0 Å². The molecule has 16 heteroatoms. The van der Waals surface area contributed by atoms with E-state index in [-0.39, 0.29) is 36.4 Å². The summed E-state index contributed by atoms with van der Waals surface area (Å²) in [5.41, 5.74) is 0.507. The fourth-order valence-corrected chi connectivity index (χ4v) is 5.51. The third-order valence-electron chi connectivity index (χ3n) is 4.40. The fraction of sp³-hybridized carbons (Fsp3) is 0.550. The lowest BCUT2D eigenvalue weighted by molar-refractivity contribution is -0.154. The maximum Gasteiger partial charge on any atom is 0.422 e. The summed E-state index contributed by atoms with van der Waals surface area (Å²) in [6.45, 7) is 0.574. The molecule has 2 aromatic rings. The number of thiazole rings is 1. The summed E-state index contributed by atoms with van der Waals surface area (Å²) in [5.74, 6) is -0.426. The highest BCUT2D eigenvalue weighted by atomic mass is 32.1. The number of aromatic nitrogens is 1. The van der Waals surface area contributed by atoms with Crippen molar-refractivity contribution < 1.29 is 54.2 Å². The Morgan fingerprint density at radius 1 is 1.06 bits per heavy atom. The molecule has 2 heterocycles. The zero-order valence-electron chi connectivity index (χ0n) is 19.0. The second-order valence-corrected chi connectivity index (χ2v) is 10.3. The summed E-state index contributed by atoms with van der Waals surface area (Å²) < 4.78 is 114. The van der Waals surface area contributed by atoms with Crippen molar-refractivity contribution in [2.45, 2.75) is 44.7 Å². The molecule has 1 aromatic heterocycles. The van der Waals surface area contributed by atoms with Gasteiger partial charge in [-0.05, 0) is 32.0 Å². The van der Waals surface area contributed by atoms with Crippen LogP contribution in [0.1, 0.15) is 31.2 Å². The predicted octanol–water partition coefficient (Wildman–Crippen LogP) is 6.30. The smallest absolute Gasteiger partial charge is 0.422 e. The molecule has 0 amide bonds. The van der Waals surface area contributed by atoms with Crippen LogP contribution >= 0.6 is 18.9 Å². The average Bonchev–Trinajstić information content (AvgIpc) is 3.39. The largest absolute Gasteiger partial charge is 0.484 e. The van der Waals surface area contributed by atoms with Crippen molar-refractivity contribution in [1.82, 2.24) is 4.98 Å². The first-order chi connectivity index (χ1) is 16.8. The van der Waals surface area contributed by atoms with Crippen molar-refractivity contribution in [1.29, 1.82) is 0 Å². The van der Waals surface area contributed by atoms with Gasteiger partial charge in [-0.1, -0.05) is 0 Å². The van der Waals surface area contributed by atoms with Gasteiger partial charge < -0.3 is 28.6 Å². The van der Waals surface area contributed by atoms with Crippen LogP contribution < -0.4 is 14.8 Å². The van der Waals surface area contributed by atoms with E-state index in [2.05, 4.69) is 10.3 Å². The Labute approximate surface area is 206 Å². The lowest BCUT2D eigenvalue weighted by Crippen LogP contribution is -2.20. The van der Waals surface area contributed by atoms with E-state index < -0.39 is 45.5 Å². The van der Waals surface area contributed by atoms with Gasteiger partial charge in [-0.3, -0.25) is 4.57 Å². The number of epoxide rings is 1. The van der Waals surface area contributed by atoms with E-state index in [0.29, 0.717) is 10.8 Å². The molecule has 0 aliphatic carbocycles. The molecule has 1 aliphatic rings. The standard InChI is InChI=1S/C20H23F6N2O6PS/c1-3-32-35(29,33-4-2)8-12-9-36-18(27-12)28-17-16(34-17)14-7-13(30-10-19(21,22)23)5-6-15(14)31-11-20(24,25)26/h5-7,9,16-17H,3-4,8,10-11H2,1-2H3,(H,27,28). The molecular formula is C20H23F6N2O6PS. The zero-order valence-corrected chi connectivity index (χ0v) is 20.7. The Bertz CT molecular complexity index is 1060. The number of hydrogen-bond acceptors (Lipinski definition) is 9. The fourth-order valence-electron chi connectivity index (χ4n) is 3.04. The first-order valence-electron chi connectivity index (χ1n) is 10.6. The van der Waals surface area contributed by atoms with Gasteiger partial charge >= 0.3 is 19.9 Å². The van der Waals surface area contributed by atoms with Gasteiger partial charge in [-0.25, -0.2) is 4.98 Å². The van der Waals surface area contributed by atoms with Gasteiger partial charge in [0, 0.05) is 10.9 Å². The van der Waals surface area contributed by atoms with Gasteiger partial charge in [0.15, 0.2) is 24.6 Å². The van der Waals surface area contributed by atoms with E-state index in [9.17, 15) is 30.9 Å². The molecule has 2 atom stereocenters. The Morgan fingerprint density at radius 2 is 1.69 bits per heavy atom. The van der Waals surface area contributed by atoms with Crippen molar-refractivity contribution >= 4 is 24.1 Å². The van der Waals surface area contributed by atoms with Crippen molar-refractivity contribution in [3.05, 3.63) is 34.8 Å². The summed E-state index contributed by atoms with van der Waals surface area (Å²) in [7, 11) is -3.38. The minimum absolute atomic E-state index is 0.0597. The Kier molecular flexibility index (Phi) is 9.15. The van der Waals surface area contributed by atoms with Crippen LogP contribution in [-0.4, -0.2) is 50.0 Å². The molecule has 8 nitrogen and oxygen atoms in total. The number of nitrogens with one attached hydrogen (secondary N) is 1. The van der Waals surface area contributed by atoms with Gasteiger partial charge in [0.05, 0.1) is 25.1 Å². The van der Waals surface area contributed by atoms with Crippen molar-refractivity contribution in [2.75, 3.05) is 31.7 Å². The highest BCUT2D eigenvalue weighted by molar-refractivity contribution is 7.53. The number of halogens is 6. The molecule has 2 unspecified atom stereocenters. The van der Waals surface area contributed by atoms with E-state index in [0.717, 1.165) is 29.5 Å². The summed E-state index contributed by atoms with van der Waals surface area (Å²) >= 11 is 1.16. The second-order valence-electron chi connectivity index (χ2n) is 7.38. The number of nitrogens with zero attached hydrogens (tertiary/aromatic N) is 1. The molecule has 1 N–H and O–H groups in total. The molecule has 36 heavy (non-hydrogen) atoms. The molecule has 0 saturated carbocycles. The quantitative estimate of drug-likeness (QED) is 0.172. The minimum atomic E-state index is -4.62. The monoisotopic (exact) mass is 564 g/mol. The first-order valence-corrected chi connectivity index (χ1v) is 13.2. The Balaban J connectivity index is 1.70. The molecule has 0 spiro atoms. The van der Waals surface area contributed by atoms with Crippen LogP contribution in [0.5, 0.6) is 11.5 Å². The van der Waals surface area contributed by atoms with E-state index >= 15 is 0 Å². The second kappa shape index (κ2) is 11.5. The van der Waals surface area contributed by atoms with E-state index in [1.165, 1.54) is 0 Å².